The summed E-state index contributed by atoms with van der Waals surface area (Å²) in [4.78, 5) is 16.6. The van der Waals surface area contributed by atoms with Crippen molar-refractivity contribution in [2.24, 2.45) is 0 Å². The van der Waals surface area contributed by atoms with E-state index in [0.717, 1.165) is 35.0 Å². The molecule has 0 bridgehead atoms. The van der Waals surface area contributed by atoms with E-state index in [1.165, 1.54) is 0 Å². The van der Waals surface area contributed by atoms with Gasteiger partial charge in [-0.1, -0.05) is 18.2 Å². The van der Waals surface area contributed by atoms with Crippen molar-refractivity contribution in [2.75, 3.05) is 19.5 Å². The fourth-order valence-electron chi connectivity index (χ4n) is 3.77. The van der Waals surface area contributed by atoms with Gasteiger partial charge in [-0.15, -0.1) is 0 Å². The zero-order valence-corrected chi connectivity index (χ0v) is 15.2. The number of para-hydroxylation sites is 1. The highest BCUT2D eigenvalue weighted by atomic mass is 16.5. The van der Waals surface area contributed by atoms with E-state index in [-0.39, 0.29) is 5.91 Å². The lowest BCUT2D eigenvalue weighted by Crippen LogP contribution is -2.28. The maximum absolute atomic E-state index is 13.1. The minimum Gasteiger partial charge on any atom is -0.493 e. The molecule has 0 radical (unpaired) electrons. The van der Waals surface area contributed by atoms with Crippen LogP contribution in [0.1, 0.15) is 24.1 Å². The predicted octanol–water partition coefficient (Wildman–Crippen LogP) is 4.16. The molecule has 5 heteroatoms. The first-order valence-electron chi connectivity index (χ1n) is 8.70. The van der Waals surface area contributed by atoms with E-state index in [4.69, 9.17) is 9.47 Å². The molecule has 5 nitrogen and oxygen atoms in total. The van der Waals surface area contributed by atoms with Gasteiger partial charge in [-0.05, 0) is 43.5 Å². The van der Waals surface area contributed by atoms with Gasteiger partial charge < -0.3 is 19.8 Å². The number of aryl methyl sites for hydroxylation is 1. The van der Waals surface area contributed by atoms with Gasteiger partial charge in [0.25, 0.3) is 0 Å². The largest absolute Gasteiger partial charge is 0.493 e. The zero-order valence-electron chi connectivity index (χ0n) is 15.2. The number of anilines is 1. The minimum absolute atomic E-state index is 0.0255. The number of amides is 1. The first-order valence-corrected chi connectivity index (χ1v) is 8.70. The van der Waals surface area contributed by atoms with Crippen LogP contribution in [-0.2, 0) is 10.2 Å². The second kappa shape index (κ2) is 6.09. The summed E-state index contributed by atoms with van der Waals surface area (Å²) >= 11 is 0. The van der Waals surface area contributed by atoms with Crippen LogP contribution in [0.3, 0.4) is 0 Å². The predicted molar refractivity (Wildman–Crippen MR) is 102 cm³/mol. The third kappa shape index (κ3) is 2.51. The number of nitrogens with one attached hydrogen (secondary N) is 2. The number of benzene rings is 2. The molecule has 134 valence electrons. The van der Waals surface area contributed by atoms with Crippen LogP contribution < -0.4 is 14.8 Å². The molecule has 1 aromatic heterocycles. The van der Waals surface area contributed by atoms with E-state index in [1.54, 1.807) is 26.4 Å². The van der Waals surface area contributed by atoms with Crippen LogP contribution in [0.25, 0.3) is 10.9 Å². The Hall–Kier alpha value is -2.95. The molecule has 2 aromatic carbocycles. The number of carbonyl (C=O) groups is 1. The molecule has 0 unspecified atom stereocenters. The fraction of sp³-hybridized carbons (Fsp3) is 0.286. The van der Waals surface area contributed by atoms with Crippen molar-refractivity contribution in [3.63, 3.8) is 0 Å². The number of carbonyl (C=O) groups excluding carboxylic acids is 1. The smallest absolute Gasteiger partial charge is 0.235 e. The first kappa shape index (κ1) is 16.5. The highest BCUT2D eigenvalue weighted by Crippen LogP contribution is 2.52. The summed E-state index contributed by atoms with van der Waals surface area (Å²) < 4.78 is 10.6. The Kier molecular flexibility index (Phi) is 3.87. The molecule has 0 saturated heterocycles. The summed E-state index contributed by atoms with van der Waals surface area (Å²) in [7, 11) is 3.18. The average molecular weight is 350 g/mol. The first-order chi connectivity index (χ1) is 12.6. The van der Waals surface area contributed by atoms with Gasteiger partial charge in [-0.2, -0.15) is 0 Å². The van der Waals surface area contributed by atoms with E-state index in [1.807, 2.05) is 31.2 Å². The summed E-state index contributed by atoms with van der Waals surface area (Å²) in [6, 6.07) is 13.6. The molecule has 1 saturated carbocycles. The molecule has 0 spiro atoms. The maximum atomic E-state index is 13.1. The second-order valence-corrected chi connectivity index (χ2v) is 6.78. The molecule has 1 aliphatic rings. The summed E-state index contributed by atoms with van der Waals surface area (Å²) in [6.07, 6.45) is 1.71. The SMILES string of the molecule is COc1ccc(NC(=O)C2(c3c(C)[nH]c4ccccc34)CC2)cc1OC. The van der Waals surface area contributed by atoms with Crippen LogP contribution in [0.4, 0.5) is 5.69 Å². The van der Waals surface area contributed by atoms with E-state index >= 15 is 0 Å². The van der Waals surface area contributed by atoms with Gasteiger partial charge in [0.15, 0.2) is 11.5 Å². The molecule has 3 aromatic rings. The van der Waals surface area contributed by atoms with Crippen molar-refractivity contribution in [1.82, 2.24) is 4.98 Å². The van der Waals surface area contributed by atoms with Gasteiger partial charge in [0.05, 0.1) is 19.6 Å². The number of fused-ring (bicyclic) bond motifs is 1. The summed E-state index contributed by atoms with van der Waals surface area (Å²) in [5.74, 6) is 1.26. The molecular weight excluding hydrogens is 328 g/mol. The van der Waals surface area contributed by atoms with Gasteiger partial charge in [0, 0.05) is 28.4 Å². The van der Waals surface area contributed by atoms with Gasteiger partial charge in [-0.25, -0.2) is 0 Å². The Labute approximate surface area is 152 Å². The molecule has 26 heavy (non-hydrogen) atoms. The lowest BCUT2D eigenvalue weighted by Gasteiger charge is -2.17. The number of rotatable bonds is 5. The molecule has 1 amide bonds. The Morgan fingerprint density at radius 3 is 2.50 bits per heavy atom. The Morgan fingerprint density at radius 1 is 1.08 bits per heavy atom. The van der Waals surface area contributed by atoms with Gasteiger partial charge in [-0.3, -0.25) is 4.79 Å². The van der Waals surface area contributed by atoms with Crippen LogP contribution in [-0.4, -0.2) is 25.1 Å². The van der Waals surface area contributed by atoms with Gasteiger partial charge >= 0.3 is 0 Å². The number of methoxy groups -OCH3 is 2. The van der Waals surface area contributed by atoms with Crippen LogP contribution in [0.5, 0.6) is 11.5 Å². The molecule has 1 fully saturated rings. The monoisotopic (exact) mass is 350 g/mol. The Morgan fingerprint density at radius 2 is 1.81 bits per heavy atom. The third-order valence-electron chi connectivity index (χ3n) is 5.20. The maximum Gasteiger partial charge on any atom is 0.235 e. The van der Waals surface area contributed by atoms with Crippen LogP contribution >= 0.6 is 0 Å². The zero-order chi connectivity index (χ0) is 18.3. The van der Waals surface area contributed by atoms with E-state index in [2.05, 4.69) is 16.4 Å². The van der Waals surface area contributed by atoms with E-state index in [0.29, 0.717) is 17.2 Å². The molecule has 1 aliphatic carbocycles. The quantitative estimate of drug-likeness (QED) is 0.726. The molecule has 2 N–H and O–H groups in total. The fourth-order valence-corrected chi connectivity index (χ4v) is 3.77. The molecule has 1 heterocycles. The van der Waals surface area contributed by atoms with E-state index in [9.17, 15) is 4.79 Å². The second-order valence-electron chi connectivity index (χ2n) is 6.78. The highest BCUT2D eigenvalue weighted by molar-refractivity contribution is 6.05. The van der Waals surface area contributed by atoms with Crippen molar-refractivity contribution in [3.8, 4) is 11.5 Å². The van der Waals surface area contributed by atoms with Crippen molar-refractivity contribution < 1.29 is 14.3 Å². The Balaban J connectivity index is 1.67. The minimum atomic E-state index is -0.461. The molecular formula is C21H22N2O3. The standard InChI is InChI=1S/C21H22N2O3/c1-13-19(15-6-4-5-7-16(15)22-13)21(10-11-21)20(24)23-14-8-9-17(25-2)18(12-14)26-3/h4-9,12,22H,10-11H2,1-3H3,(H,23,24). The van der Waals surface area contributed by atoms with Gasteiger partial charge in [0.2, 0.25) is 5.91 Å². The molecule has 4 rings (SSSR count). The number of ether oxygens (including phenoxy) is 2. The van der Waals surface area contributed by atoms with Crippen LogP contribution in [0.2, 0.25) is 0 Å². The number of hydrogen-bond acceptors (Lipinski definition) is 3. The average Bonchev–Trinajstić information content (AvgIpc) is 3.38. The van der Waals surface area contributed by atoms with Crippen molar-refractivity contribution in [1.29, 1.82) is 0 Å². The van der Waals surface area contributed by atoms with Crippen LogP contribution in [0, 0.1) is 6.92 Å². The molecule has 0 aliphatic heterocycles. The summed E-state index contributed by atoms with van der Waals surface area (Å²) in [5, 5.41) is 4.19. The Bertz CT molecular complexity index is 986. The van der Waals surface area contributed by atoms with Crippen molar-refractivity contribution in [3.05, 3.63) is 53.7 Å². The summed E-state index contributed by atoms with van der Waals surface area (Å²) in [6.45, 7) is 2.04. The molecule has 0 atom stereocenters. The number of hydrogen-bond donors (Lipinski definition) is 2. The lowest BCUT2D eigenvalue weighted by atomic mass is 9.92. The number of aromatic nitrogens is 1. The van der Waals surface area contributed by atoms with Crippen LogP contribution in [0.15, 0.2) is 42.5 Å². The van der Waals surface area contributed by atoms with Crippen molar-refractivity contribution >= 4 is 22.5 Å². The highest BCUT2D eigenvalue weighted by Gasteiger charge is 2.53. The third-order valence-corrected chi connectivity index (χ3v) is 5.20. The van der Waals surface area contributed by atoms with E-state index < -0.39 is 5.41 Å². The topological polar surface area (TPSA) is 63.3 Å². The van der Waals surface area contributed by atoms with Crippen molar-refractivity contribution in [2.45, 2.75) is 25.2 Å². The normalized spacial score (nSPS) is 14.9. The number of aromatic amines is 1. The van der Waals surface area contributed by atoms with Gasteiger partial charge in [0.1, 0.15) is 0 Å². The number of H-pyrrole nitrogens is 1. The lowest BCUT2D eigenvalue weighted by molar-refractivity contribution is -0.118. The summed E-state index contributed by atoms with van der Waals surface area (Å²) in [5.41, 5.74) is 3.50.